The fraction of sp³-hybridized carbons (Fsp3) is 0.667. The van der Waals surface area contributed by atoms with E-state index in [1.165, 1.54) is 25.7 Å². The summed E-state index contributed by atoms with van der Waals surface area (Å²) >= 11 is 0. The minimum atomic E-state index is -0.934. The lowest BCUT2D eigenvalue weighted by Gasteiger charge is -2.22. The third kappa shape index (κ3) is 2.25. The average Bonchev–Trinajstić information content (AvgIpc) is 3.01. The van der Waals surface area contributed by atoms with Crippen LogP contribution in [0.3, 0.4) is 0 Å². The van der Waals surface area contributed by atoms with Gasteiger partial charge in [-0.05, 0) is 56.4 Å². The molecule has 5 nitrogen and oxygen atoms in total. The molecule has 1 aromatic rings. The third-order valence-electron chi connectivity index (χ3n) is 5.08. The van der Waals surface area contributed by atoms with Gasteiger partial charge < -0.3 is 10.4 Å². The van der Waals surface area contributed by atoms with Crippen molar-refractivity contribution < 1.29 is 9.90 Å². The molecule has 3 rings (SSSR count). The smallest absolute Gasteiger partial charge is 0.339 e. The van der Waals surface area contributed by atoms with Gasteiger partial charge in [0, 0.05) is 6.54 Å². The maximum Gasteiger partial charge on any atom is 0.339 e. The monoisotopic (exact) mass is 275 g/mol. The zero-order chi connectivity index (χ0) is 14.3. The Morgan fingerprint density at radius 2 is 2.10 bits per heavy atom. The van der Waals surface area contributed by atoms with Crippen LogP contribution >= 0.6 is 0 Å². The highest BCUT2D eigenvalue weighted by Crippen LogP contribution is 2.48. The van der Waals surface area contributed by atoms with Gasteiger partial charge >= 0.3 is 5.97 Å². The Morgan fingerprint density at radius 3 is 2.70 bits per heavy atom. The van der Waals surface area contributed by atoms with Crippen LogP contribution in [0.2, 0.25) is 0 Å². The van der Waals surface area contributed by atoms with E-state index < -0.39 is 5.97 Å². The van der Waals surface area contributed by atoms with Gasteiger partial charge in [-0.25, -0.2) is 4.79 Å². The lowest BCUT2D eigenvalue weighted by atomic mass is 9.89. The van der Waals surface area contributed by atoms with Gasteiger partial charge in [-0.1, -0.05) is 6.42 Å². The molecule has 2 bridgehead atoms. The van der Waals surface area contributed by atoms with Gasteiger partial charge in [-0.3, -0.25) is 0 Å². The van der Waals surface area contributed by atoms with E-state index in [-0.39, 0.29) is 5.56 Å². The Bertz CT molecular complexity index is 544. The summed E-state index contributed by atoms with van der Waals surface area (Å²) in [5, 5.41) is 20.7. The first-order valence-electron chi connectivity index (χ1n) is 7.37. The largest absolute Gasteiger partial charge is 0.478 e. The molecule has 2 aliphatic carbocycles. The molecule has 2 saturated carbocycles. The highest BCUT2D eigenvalue weighted by atomic mass is 16.4. The van der Waals surface area contributed by atoms with E-state index in [0.717, 1.165) is 18.4 Å². The van der Waals surface area contributed by atoms with E-state index >= 15 is 0 Å². The van der Waals surface area contributed by atoms with Crippen LogP contribution in [0, 0.1) is 31.6 Å². The van der Waals surface area contributed by atoms with E-state index in [2.05, 4.69) is 15.5 Å². The summed E-state index contributed by atoms with van der Waals surface area (Å²) in [6.45, 7) is 4.39. The highest BCUT2D eigenvalue weighted by molar-refractivity contribution is 5.94. The van der Waals surface area contributed by atoms with Crippen LogP contribution in [0.5, 0.6) is 0 Å². The predicted octanol–water partition coefficient (Wildman–Crippen LogP) is 2.64. The van der Waals surface area contributed by atoms with Crippen molar-refractivity contribution in [1.82, 2.24) is 10.2 Å². The van der Waals surface area contributed by atoms with Crippen LogP contribution < -0.4 is 5.32 Å². The molecule has 1 aromatic heterocycles. The number of rotatable bonds is 4. The van der Waals surface area contributed by atoms with Crippen molar-refractivity contribution in [2.24, 2.45) is 17.8 Å². The number of nitrogens with one attached hydrogen (secondary N) is 1. The fourth-order valence-corrected chi connectivity index (χ4v) is 3.85. The first kappa shape index (κ1) is 13.3. The number of aromatic nitrogens is 2. The Kier molecular flexibility index (Phi) is 3.36. The summed E-state index contributed by atoms with van der Waals surface area (Å²) in [6.07, 6.45) is 5.35. The quantitative estimate of drug-likeness (QED) is 0.883. The molecule has 1 heterocycles. The van der Waals surface area contributed by atoms with E-state index in [1.54, 1.807) is 13.8 Å². The summed E-state index contributed by atoms with van der Waals surface area (Å²) < 4.78 is 0. The minimum absolute atomic E-state index is 0.264. The molecule has 3 atom stereocenters. The molecule has 0 aliphatic heterocycles. The van der Waals surface area contributed by atoms with E-state index in [4.69, 9.17) is 0 Å². The van der Waals surface area contributed by atoms with Crippen LogP contribution in [0.25, 0.3) is 0 Å². The molecule has 2 N–H and O–H groups in total. The summed E-state index contributed by atoms with van der Waals surface area (Å²) in [5.74, 6) is 1.87. The summed E-state index contributed by atoms with van der Waals surface area (Å²) in [4.78, 5) is 11.4. The zero-order valence-electron chi connectivity index (χ0n) is 12.0. The topological polar surface area (TPSA) is 75.1 Å². The van der Waals surface area contributed by atoms with Crippen molar-refractivity contribution in [3.63, 3.8) is 0 Å². The SMILES string of the molecule is Cc1nnc(NCC2CC3CCC2C3)c(C(=O)O)c1C. The van der Waals surface area contributed by atoms with Crippen LogP contribution in [-0.4, -0.2) is 27.8 Å². The number of carbonyl (C=O) groups is 1. The molecule has 2 fully saturated rings. The second-order valence-corrected chi connectivity index (χ2v) is 6.26. The maximum atomic E-state index is 11.4. The number of hydrogen-bond acceptors (Lipinski definition) is 4. The molecule has 0 amide bonds. The van der Waals surface area contributed by atoms with Gasteiger partial charge in [-0.15, -0.1) is 5.10 Å². The highest BCUT2D eigenvalue weighted by Gasteiger charge is 2.39. The second-order valence-electron chi connectivity index (χ2n) is 6.26. The molecule has 2 aliphatic rings. The van der Waals surface area contributed by atoms with Crippen LogP contribution in [0.15, 0.2) is 0 Å². The van der Waals surface area contributed by atoms with E-state index in [9.17, 15) is 9.90 Å². The molecule has 20 heavy (non-hydrogen) atoms. The van der Waals surface area contributed by atoms with Crippen molar-refractivity contribution in [3.05, 3.63) is 16.8 Å². The molecule has 0 aromatic carbocycles. The average molecular weight is 275 g/mol. The minimum Gasteiger partial charge on any atom is -0.478 e. The van der Waals surface area contributed by atoms with Gasteiger partial charge in [0.15, 0.2) is 5.82 Å². The Balaban J connectivity index is 1.74. The Labute approximate surface area is 118 Å². The number of nitrogens with zero attached hydrogens (tertiary/aromatic N) is 2. The normalized spacial score (nSPS) is 27.8. The number of anilines is 1. The first-order valence-corrected chi connectivity index (χ1v) is 7.37. The Morgan fingerprint density at radius 1 is 1.30 bits per heavy atom. The van der Waals surface area contributed by atoms with Crippen LogP contribution in [0.4, 0.5) is 5.82 Å². The van der Waals surface area contributed by atoms with Gasteiger partial charge in [-0.2, -0.15) is 5.10 Å². The lowest BCUT2D eigenvalue weighted by Crippen LogP contribution is -2.22. The van der Waals surface area contributed by atoms with E-state index in [1.807, 2.05) is 0 Å². The number of carboxylic acids is 1. The van der Waals surface area contributed by atoms with Gasteiger partial charge in [0.05, 0.1) is 5.69 Å². The summed E-state index contributed by atoms with van der Waals surface area (Å²) in [5.41, 5.74) is 1.64. The second kappa shape index (κ2) is 5.04. The number of aryl methyl sites for hydroxylation is 1. The standard InChI is InChI=1S/C15H21N3O2/c1-8-9(2)17-18-14(13(8)15(19)20)16-7-12-6-10-3-4-11(12)5-10/h10-12H,3-7H2,1-2H3,(H,16,18)(H,19,20). The lowest BCUT2D eigenvalue weighted by molar-refractivity contribution is 0.0696. The van der Waals surface area contributed by atoms with Crippen molar-refractivity contribution in [3.8, 4) is 0 Å². The molecule has 0 radical (unpaired) electrons. The molecule has 5 heteroatoms. The number of hydrogen-bond donors (Lipinski definition) is 2. The molecular formula is C15H21N3O2. The zero-order valence-corrected chi connectivity index (χ0v) is 12.0. The van der Waals surface area contributed by atoms with Crippen LogP contribution in [-0.2, 0) is 0 Å². The molecule has 3 unspecified atom stereocenters. The van der Waals surface area contributed by atoms with Crippen molar-refractivity contribution in [2.45, 2.75) is 39.5 Å². The van der Waals surface area contributed by atoms with Crippen LogP contribution in [0.1, 0.15) is 47.3 Å². The Hall–Kier alpha value is -1.65. The predicted molar refractivity (Wildman–Crippen MR) is 75.9 cm³/mol. The van der Waals surface area contributed by atoms with Crippen molar-refractivity contribution in [1.29, 1.82) is 0 Å². The summed E-state index contributed by atoms with van der Waals surface area (Å²) in [7, 11) is 0. The number of aromatic carboxylic acids is 1. The van der Waals surface area contributed by atoms with E-state index in [0.29, 0.717) is 23.0 Å². The van der Waals surface area contributed by atoms with Gasteiger partial charge in [0.2, 0.25) is 0 Å². The number of fused-ring (bicyclic) bond motifs is 2. The van der Waals surface area contributed by atoms with Crippen molar-refractivity contribution >= 4 is 11.8 Å². The first-order chi connectivity index (χ1) is 9.56. The molecule has 0 saturated heterocycles. The van der Waals surface area contributed by atoms with Gasteiger partial charge in [0.1, 0.15) is 5.56 Å². The fourth-order valence-electron chi connectivity index (χ4n) is 3.85. The van der Waals surface area contributed by atoms with Crippen molar-refractivity contribution in [2.75, 3.05) is 11.9 Å². The maximum absolute atomic E-state index is 11.4. The molecular weight excluding hydrogens is 254 g/mol. The van der Waals surface area contributed by atoms with Gasteiger partial charge in [0.25, 0.3) is 0 Å². The molecule has 108 valence electrons. The molecule has 0 spiro atoms. The third-order valence-corrected chi connectivity index (χ3v) is 5.08. The summed E-state index contributed by atoms with van der Waals surface area (Å²) in [6, 6.07) is 0. The number of carboxylic acid groups (broad SMARTS) is 1.